The number of nitrogens with one attached hydrogen (secondary N) is 1. The third kappa shape index (κ3) is 5.48. The van der Waals surface area contributed by atoms with Gasteiger partial charge in [0.15, 0.2) is 0 Å². The lowest BCUT2D eigenvalue weighted by Gasteiger charge is -2.33. The molecule has 1 aromatic carbocycles. The number of carboxylic acid groups (broad SMARTS) is 1. The van der Waals surface area contributed by atoms with Crippen LogP contribution in [0.5, 0.6) is 5.75 Å². The molecule has 29 heavy (non-hydrogen) atoms. The van der Waals surface area contributed by atoms with Gasteiger partial charge >= 0.3 is 6.09 Å². The number of amides is 1. The second-order valence-electron chi connectivity index (χ2n) is 7.72. The fourth-order valence-corrected chi connectivity index (χ4v) is 3.91. The first-order valence-electron chi connectivity index (χ1n) is 10.4. The van der Waals surface area contributed by atoms with Gasteiger partial charge in [0.25, 0.3) is 0 Å². The van der Waals surface area contributed by atoms with E-state index in [9.17, 15) is 4.79 Å². The number of aromatic nitrogens is 1. The number of hydrogen-bond acceptors (Lipinski definition) is 4. The minimum atomic E-state index is -0.842. The van der Waals surface area contributed by atoms with E-state index in [1.807, 2.05) is 32.2 Å². The Hall–Kier alpha value is -2.60. The summed E-state index contributed by atoms with van der Waals surface area (Å²) in [5, 5.41) is 12.8. The van der Waals surface area contributed by atoms with Gasteiger partial charge in [-0.1, -0.05) is 12.1 Å². The number of ether oxygens (including phenoxy) is 1. The molecule has 3 rings (SSSR count). The van der Waals surface area contributed by atoms with Crippen LogP contribution in [0.25, 0.3) is 11.1 Å². The zero-order valence-corrected chi connectivity index (χ0v) is 17.5. The molecule has 1 aromatic heterocycles. The summed E-state index contributed by atoms with van der Waals surface area (Å²) < 4.78 is 5.83. The predicted molar refractivity (Wildman–Crippen MR) is 114 cm³/mol. The quantitative estimate of drug-likeness (QED) is 0.721. The Labute approximate surface area is 172 Å². The molecule has 0 atom stereocenters. The first-order valence-corrected chi connectivity index (χ1v) is 10.4. The van der Waals surface area contributed by atoms with Gasteiger partial charge < -0.3 is 20.1 Å². The van der Waals surface area contributed by atoms with Crippen molar-refractivity contribution in [2.45, 2.75) is 58.2 Å². The van der Waals surface area contributed by atoms with Gasteiger partial charge in [-0.3, -0.25) is 4.98 Å². The molecule has 0 saturated heterocycles. The first-order chi connectivity index (χ1) is 14.0. The molecule has 1 heterocycles. The average Bonchev–Trinajstić information content (AvgIpc) is 2.73. The molecule has 6 heteroatoms. The molecule has 0 bridgehead atoms. The van der Waals surface area contributed by atoms with Gasteiger partial charge in [-0.15, -0.1) is 0 Å². The zero-order chi connectivity index (χ0) is 20.8. The summed E-state index contributed by atoms with van der Waals surface area (Å²) in [5.74, 6) is 0.906. The molecule has 0 unspecified atom stereocenters. The molecule has 0 aliphatic heterocycles. The summed E-state index contributed by atoms with van der Waals surface area (Å²) in [4.78, 5) is 17.0. The lowest BCUT2D eigenvalue weighted by molar-refractivity contribution is 0.122. The predicted octanol–water partition coefficient (Wildman–Crippen LogP) is 4.47. The summed E-state index contributed by atoms with van der Waals surface area (Å²) in [6, 6.07) is 10.9. The van der Waals surface area contributed by atoms with Gasteiger partial charge in [-0.25, -0.2) is 4.79 Å². The van der Waals surface area contributed by atoms with E-state index in [2.05, 4.69) is 28.5 Å². The van der Waals surface area contributed by atoms with Gasteiger partial charge in [0.2, 0.25) is 0 Å². The topological polar surface area (TPSA) is 74.7 Å². The minimum absolute atomic E-state index is 0.127. The molecule has 156 valence electrons. The van der Waals surface area contributed by atoms with E-state index in [0.717, 1.165) is 60.4 Å². The zero-order valence-electron chi connectivity index (χ0n) is 17.5. The third-order valence-electron chi connectivity index (χ3n) is 5.73. The second kappa shape index (κ2) is 9.74. The summed E-state index contributed by atoms with van der Waals surface area (Å²) in [6.45, 7) is 5.34. The van der Waals surface area contributed by atoms with E-state index in [1.54, 1.807) is 7.05 Å². The van der Waals surface area contributed by atoms with E-state index in [1.165, 1.54) is 4.90 Å². The SMILES string of the molecule is CCOc1ccc(-c2ccc(C)nc2)cc1CNC1CCC(N(C)C(=O)O)CC1. The minimum Gasteiger partial charge on any atom is -0.494 e. The standard InChI is InChI=1S/C23H31N3O3/c1-4-29-22-12-7-17(18-6-5-16(2)24-14-18)13-19(22)15-25-20-8-10-21(11-9-20)26(3)23(27)28/h5-7,12-14,20-21,25H,4,8-11,15H2,1-3H3,(H,27,28). The van der Waals surface area contributed by atoms with Crippen molar-refractivity contribution in [2.24, 2.45) is 0 Å². The van der Waals surface area contributed by atoms with Crippen LogP contribution >= 0.6 is 0 Å². The van der Waals surface area contributed by atoms with Gasteiger partial charge in [-0.05, 0) is 63.3 Å². The summed E-state index contributed by atoms with van der Waals surface area (Å²) >= 11 is 0. The number of nitrogens with zero attached hydrogens (tertiary/aromatic N) is 2. The van der Waals surface area contributed by atoms with Crippen molar-refractivity contribution in [3.8, 4) is 16.9 Å². The summed E-state index contributed by atoms with van der Waals surface area (Å²) in [7, 11) is 1.67. The average molecular weight is 398 g/mol. The summed E-state index contributed by atoms with van der Waals surface area (Å²) in [6.07, 6.45) is 4.82. The van der Waals surface area contributed by atoms with E-state index in [4.69, 9.17) is 9.84 Å². The van der Waals surface area contributed by atoms with Crippen molar-refractivity contribution in [3.05, 3.63) is 47.8 Å². The van der Waals surface area contributed by atoms with Crippen LogP contribution in [-0.2, 0) is 6.54 Å². The van der Waals surface area contributed by atoms with Crippen molar-refractivity contribution in [2.75, 3.05) is 13.7 Å². The van der Waals surface area contributed by atoms with Crippen molar-refractivity contribution in [1.29, 1.82) is 0 Å². The molecular weight excluding hydrogens is 366 g/mol. The molecule has 6 nitrogen and oxygen atoms in total. The number of benzene rings is 1. The highest BCUT2D eigenvalue weighted by Gasteiger charge is 2.26. The van der Waals surface area contributed by atoms with Gasteiger partial charge in [0.05, 0.1) is 6.61 Å². The van der Waals surface area contributed by atoms with Crippen LogP contribution < -0.4 is 10.1 Å². The smallest absolute Gasteiger partial charge is 0.407 e. The maximum Gasteiger partial charge on any atom is 0.407 e. The molecule has 1 saturated carbocycles. The largest absolute Gasteiger partial charge is 0.494 e. The summed E-state index contributed by atoms with van der Waals surface area (Å²) in [5.41, 5.74) is 4.36. The second-order valence-corrected chi connectivity index (χ2v) is 7.72. The van der Waals surface area contributed by atoms with Crippen molar-refractivity contribution in [1.82, 2.24) is 15.2 Å². The Kier molecular flexibility index (Phi) is 7.09. The van der Waals surface area contributed by atoms with E-state index in [0.29, 0.717) is 12.6 Å². The highest BCUT2D eigenvalue weighted by atomic mass is 16.5. The normalized spacial score (nSPS) is 19.0. The van der Waals surface area contributed by atoms with E-state index >= 15 is 0 Å². The molecule has 0 spiro atoms. The van der Waals surface area contributed by atoms with Crippen LogP contribution in [0.3, 0.4) is 0 Å². The van der Waals surface area contributed by atoms with Gasteiger partial charge in [0, 0.05) is 48.7 Å². The Morgan fingerprint density at radius 3 is 2.55 bits per heavy atom. The van der Waals surface area contributed by atoms with E-state index in [-0.39, 0.29) is 6.04 Å². The van der Waals surface area contributed by atoms with Crippen LogP contribution in [0.2, 0.25) is 0 Å². The fraction of sp³-hybridized carbons (Fsp3) is 0.478. The highest BCUT2D eigenvalue weighted by Crippen LogP contribution is 2.28. The maximum atomic E-state index is 11.1. The molecule has 1 aliphatic carbocycles. The molecule has 1 amide bonds. The molecule has 0 radical (unpaired) electrons. The number of carbonyl (C=O) groups is 1. The van der Waals surface area contributed by atoms with Gasteiger partial charge in [-0.2, -0.15) is 0 Å². The van der Waals surface area contributed by atoms with Crippen molar-refractivity contribution >= 4 is 6.09 Å². The fourth-order valence-electron chi connectivity index (χ4n) is 3.91. The molecular formula is C23H31N3O3. The Balaban J connectivity index is 1.65. The molecule has 2 N–H and O–H groups in total. The Morgan fingerprint density at radius 1 is 1.21 bits per heavy atom. The third-order valence-corrected chi connectivity index (χ3v) is 5.73. The molecule has 2 aromatic rings. The maximum absolute atomic E-state index is 11.1. The Bertz CT molecular complexity index is 815. The number of aryl methyl sites for hydroxylation is 1. The Morgan fingerprint density at radius 2 is 1.93 bits per heavy atom. The molecule has 1 aliphatic rings. The van der Waals surface area contributed by atoms with Crippen LogP contribution in [0.15, 0.2) is 36.5 Å². The first kappa shape index (κ1) is 21.1. The highest BCUT2D eigenvalue weighted by molar-refractivity contribution is 5.65. The van der Waals surface area contributed by atoms with E-state index < -0.39 is 6.09 Å². The van der Waals surface area contributed by atoms with Crippen LogP contribution in [0, 0.1) is 6.92 Å². The number of pyridine rings is 1. The monoisotopic (exact) mass is 397 g/mol. The van der Waals surface area contributed by atoms with Gasteiger partial charge in [0.1, 0.15) is 5.75 Å². The molecule has 1 fully saturated rings. The number of rotatable bonds is 7. The van der Waals surface area contributed by atoms with Crippen molar-refractivity contribution in [3.63, 3.8) is 0 Å². The van der Waals surface area contributed by atoms with Crippen LogP contribution in [0.1, 0.15) is 43.9 Å². The lowest BCUT2D eigenvalue weighted by atomic mass is 9.90. The van der Waals surface area contributed by atoms with Crippen LogP contribution in [-0.4, -0.2) is 46.8 Å². The van der Waals surface area contributed by atoms with Crippen molar-refractivity contribution < 1.29 is 14.6 Å². The van der Waals surface area contributed by atoms with Crippen LogP contribution in [0.4, 0.5) is 4.79 Å². The number of hydrogen-bond donors (Lipinski definition) is 2. The lowest BCUT2D eigenvalue weighted by Crippen LogP contribution is -2.42.